The van der Waals surface area contributed by atoms with Gasteiger partial charge >= 0.3 is 5.97 Å². The van der Waals surface area contributed by atoms with E-state index in [0.29, 0.717) is 6.61 Å². The molecule has 2 rings (SSSR count). The summed E-state index contributed by atoms with van der Waals surface area (Å²) in [6, 6.07) is 0. The Labute approximate surface area is 113 Å². The molecule has 0 aliphatic heterocycles. The summed E-state index contributed by atoms with van der Waals surface area (Å²) in [5, 5.41) is 0. The molecule has 0 radical (unpaired) electrons. The lowest BCUT2D eigenvalue weighted by Crippen LogP contribution is -2.27. The van der Waals surface area contributed by atoms with Gasteiger partial charge in [-0.15, -0.1) is 0 Å². The molecule has 1 aliphatic rings. The SMILES string of the molecule is COC(=O)C1CCC(OCCn2ccnc2C)CC1. The molecule has 0 bridgehead atoms. The second-order valence-corrected chi connectivity index (χ2v) is 5.04. The lowest BCUT2D eigenvalue weighted by atomic mass is 9.87. The molecule has 0 spiro atoms. The first-order chi connectivity index (χ1) is 9.20. The molecule has 5 heteroatoms. The predicted octanol–water partition coefficient (Wildman–Crippen LogP) is 1.94. The molecule has 0 unspecified atom stereocenters. The van der Waals surface area contributed by atoms with Crippen LogP contribution in [0.3, 0.4) is 0 Å². The number of aryl methyl sites for hydroxylation is 1. The van der Waals surface area contributed by atoms with E-state index >= 15 is 0 Å². The first-order valence-electron chi connectivity index (χ1n) is 6.88. The van der Waals surface area contributed by atoms with E-state index in [4.69, 9.17) is 9.47 Å². The van der Waals surface area contributed by atoms with Gasteiger partial charge < -0.3 is 14.0 Å². The molecule has 0 atom stereocenters. The van der Waals surface area contributed by atoms with Crippen molar-refractivity contribution < 1.29 is 14.3 Å². The highest BCUT2D eigenvalue weighted by molar-refractivity contribution is 5.72. The Balaban J connectivity index is 1.66. The molecule has 0 saturated heterocycles. The van der Waals surface area contributed by atoms with Crippen LogP contribution in [0, 0.1) is 12.8 Å². The van der Waals surface area contributed by atoms with E-state index in [1.165, 1.54) is 7.11 Å². The van der Waals surface area contributed by atoms with Crippen LogP contribution >= 0.6 is 0 Å². The molecule has 19 heavy (non-hydrogen) atoms. The van der Waals surface area contributed by atoms with Crippen molar-refractivity contribution in [1.29, 1.82) is 0 Å². The van der Waals surface area contributed by atoms with Crippen LogP contribution in [0.2, 0.25) is 0 Å². The third-order valence-corrected chi connectivity index (χ3v) is 3.82. The van der Waals surface area contributed by atoms with Crippen LogP contribution in [0.5, 0.6) is 0 Å². The molecule has 1 aliphatic carbocycles. The third kappa shape index (κ3) is 3.80. The second-order valence-electron chi connectivity index (χ2n) is 5.04. The van der Waals surface area contributed by atoms with Crippen molar-refractivity contribution in [2.75, 3.05) is 13.7 Å². The van der Waals surface area contributed by atoms with E-state index in [1.807, 2.05) is 13.1 Å². The van der Waals surface area contributed by atoms with Crippen molar-refractivity contribution in [2.24, 2.45) is 5.92 Å². The Kier molecular flexibility index (Phi) is 4.96. The highest BCUT2D eigenvalue weighted by Gasteiger charge is 2.27. The van der Waals surface area contributed by atoms with Crippen LogP contribution in [-0.4, -0.2) is 35.3 Å². The molecule has 5 nitrogen and oxygen atoms in total. The van der Waals surface area contributed by atoms with E-state index in [-0.39, 0.29) is 18.0 Å². The van der Waals surface area contributed by atoms with Gasteiger partial charge in [0.1, 0.15) is 5.82 Å². The number of esters is 1. The third-order valence-electron chi connectivity index (χ3n) is 3.82. The molecule has 1 fully saturated rings. The van der Waals surface area contributed by atoms with Gasteiger partial charge in [0.25, 0.3) is 0 Å². The molecular weight excluding hydrogens is 244 g/mol. The highest BCUT2D eigenvalue weighted by Crippen LogP contribution is 2.27. The number of hydrogen-bond acceptors (Lipinski definition) is 4. The summed E-state index contributed by atoms with van der Waals surface area (Å²) in [5.41, 5.74) is 0. The molecule has 106 valence electrons. The molecule has 0 N–H and O–H groups in total. The quantitative estimate of drug-likeness (QED) is 0.764. The number of carbonyl (C=O) groups is 1. The van der Waals surface area contributed by atoms with Crippen molar-refractivity contribution in [2.45, 2.75) is 45.3 Å². The Morgan fingerprint density at radius 1 is 1.42 bits per heavy atom. The topological polar surface area (TPSA) is 53.4 Å². The fourth-order valence-corrected chi connectivity index (χ4v) is 2.59. The summed E-state index contributed by atoms with van der Waals surface area (Å²) in [6.45, 7) is 3.52. The smallest absolute Gasteiger partial charge is 0.308 e. The maximum Gasteiger partial charge on any atom is 0.308 e. The van der Waals surface area contributed by atoms with Crippen LogP contribution in [0.15, 0.2) is 12.4 Å². The Hall–Kier alpha value is -1.36. The van der Waals surface area contributed by atoms with E-state index in [0.717, 1.165) is 38.1 Å². The monoisotopic (exact) mass is 266 g/mol. The fourth-order valence-electron chi connectivity index (χ4n) is 2.59. The predicted molar refractivity (Wildman–Crippen MR) is 70.7 cm³/mol. The van der Waals surface area contributed by atoms with E-state index < -0.39 is 0 Å². The Morgan fingerprint density at radius 2 is 2.16 bits per heavy atom. The van der Waals surface area contributed by atoms with Gasteiger partial charge in [-0.05, 0) is 32.6 Å². The van der Waals surface area contributed by atoms with Gasteiger partial charge in [0.15, 0.2) is 0 Å². The lowest BCUT2D eigenvalue weighted by molar-refractivity contribution is -0.147. The lowest BCUT2D eigenvalue weighted by Gasteiger charge is -2.27. The van der Waals surface area contributed by atoms with Gasteiger partial charge in [-0.2, -0.15) is 0 Å². The molecule has 1 aromatic heterocycles. The van der Waals surface area contributed by atoms with Crippen molar-refractivity contribution >= 4 is 5.97 Å². The number of nitrogens with zero attached hydrogens (tertiary/aromatic N) is 2. The molecule has 0 amide bonds. The average Bonchev–Trinajstić information content (AvgIpc) is 2.84. The van der Waals surface area contributed by atoms with Crippen LogP contribution in [-0.2, 0) is 20.8 Å². The Morgan fingerprint density at radius 3 is 2.74 bits per heavy atom. The van der Waals surface area contributed by atoms with Gasteiger partial charge in [0, 0.05) is 18.9 Å². The van der Waals surface area contributed by atoms with Crippen molar-refractivity contribution in [3.8, 4) is 0 Å². The summed E-state index contributed by atoms with van der Waals surface area (Å²) >= 11 is 0. The second kappa shape index (κ2) is 6.70. The number of aromatic nitrogens is 2. The average molecular weight is 266 g/mol. The van der Waals surface area contributed by atoms with E-state index in [1.54, 1.807) is 6.20 Å². The molecule has 1 heterocycles. The number of imidazole rings is 1. The first kappa shape index (κ1) is 14.1. The van der Waals surface area contributed by atoms with Crippen molar-refractivity contribution in [3.63, 3.8) is 0 Å². The minimum Gasteiger partial charge on any atom is -0.469 e. The minimum absolute atomic E-state index is 0.0701. The maximum absolute atomic E-state index is 11.4. The zero-order valence-electron chi connectivity index (χ0n) is 11.7. The van der Waals surface area contributed by atoms with Crippen LogP contribution in [0.1, 0.15) is 31.5 Å². The van der Waals surface area contributed by atoms with Crippen molar-refractivity contribution in [1.82, 2.24) is 9.55 Å². The number of hydrogen-bond donors (Lipinski definition) is 0. The van der Waals surface area contributed by atoms with E-state index in [2.05, 4.69) is 9.55 Å². The normalized spacial score (nSPS) is 23.3. The van der Waals surface area contributed by atoms with Gasteiger partial charge in [0.05, 0.1) is 25.7 Å². The summed E-state index contributed by atoms with van der Waals surface area (Å²) in [6.07, 6.45) is 7.70. The first-order valence-corrected chi connectivity index (χ1v) is 6.88. The number of methoxy groups -OCH3 is 1. The molecule has 0 aromatic carbocycles. The van der Waals surface area contributed by atoms with Crippen molar-refractivity contribution in [3.05, 3.63) is 18.2 Å². The minimum atomic E-state index is -0.0764. The van der Waals surface area contributed by atoms with E-state index in [9.17, 15) is 4.79 Å². The zero-order chi connectivity index (χ0) is 13.7. The van der Waals surface area contributed by atoms with Crippen LogP contribution in [0.25, 0.3) is 0 Å². The largest absolute Gasteiger partial charge is 0.469 e. The highest BCUT2D eigenvalue weighted by atomic mass is 16.5. The summed E-state index contributed by atoms with van der Waals surface area (Å²) < 4.78 is 12.7. The van der Waals surface area contributed by atoms with Crippen LogP contribution in [0.4, 0.5) is 0 Å². The Bertz CT molecular complexity index is 409. The molecule has 1 aromatic rings. The summed E-state index contributed by atoms with van der Waals surface area (Å²) in [4.78, 5) is 15.6. The number of ether oxygens (including phenoxy) is 2. The standard InChI is InChI=1S/C14H22N2O3/c1-11-15-7-8-16(11)9-10-19-13-5-3-12(4-6-13)14(17)18-2/h7-8,12-13H,3-6,9-10H2,1-2H3. The van der Waals surface area contributed by atoms with Gasteiger partial charge in [-0.3, -0.25) is 4.79 Å². The van der Waals surface area contributed by atoms with Gasteiger partial charge in [0.2, 0.25) is 0 Å². The summed E-state index contributed by atoms with van der Waals surface area (Å²) in [5.74, 6) is 1.01. The fraction of sp³-hybridized carbons (Fsp3) is 0.714. The summed E-state index contributed by atoms with van der Waals surface area (Å²) in [7, 11) is 1.46. The van der Waals surface area contributed by atoms with Gasteiger partial charge in [-0.25, -0.2) is 4.98 Å². The number of carbonyl (C=O) groups excluding carboxylic acids is 1. The van der Waals surface area contributed by atoms with Gasteiger partial charge in [-0.1, -0.05) is 0 Å². The molecular formula is C14H22N2O3. The molecule has 1 saturated carbocycles. The van der Waals surface area contributed by atoms with Crippen LogP contribution < -0.4 is 0 Å². The number of rotatable bonds is 5. The zero-order valence-corrected chi connectivity index (χ0v) is 11.7. The maximum atomic E-state index is 11.4.